The predicted octanol–water partition coefficient (Wildman–Crippen LogP) is 3.50. The zero-order valence-corrected chi connectivity index (χ0v) is 16.3. The number of fused-ring (bicyclic) bond motifs is 1. The van der Waals surface area contributed by atoms with Gasteiger partial charge in [-0.25, -0.2) is 4.52 Å². The van der Waals surface area contributed by atoms with Gasteiger partial charge in [-0.2, -0.15) is 4.98 Å². The molecule has 0 bridgehead atoms. The largest absolute Gasteiger partial charge is 0.484 e. The van der Waals surface area contributed by atoms with Gasteiger partial charge < -0.3 is 10.1 Å². The summed E-state index contributed by atoms with van der Waals surface area (Å²) in [6, 6.07) is 17.4. The number of para-hydroxylation sites is 1. The van der Waals surface area contributed by atoms with Crippen molar-refractivity contribution < 1.29 is 9.53 Å². The van der Waals surface area contributed by atoms with Crippen molar-refractivity contribution in [3.05, 3.63) is 71.2 Å². The number of benzene rings is 2. The van der Waals surface area contributed by atoms with Gasteiger partial charge in [0.05, 0.1) is 5.69 Å². The molecule has 28 heavy (non-hydrogen) atoms. The van der Waals surface area contributed by atoms with Crippen molar-refractivity contribution in [2.45, 2.75) is 13.3 Å². The fourth-order valence-electron chi connectivity index (χ4n) is 2.88. The smallest absolute Gasteiger partial charge is 0.257 e. The van der Waals surface area contributed by atoms with E-state index in [2.05, 4.69) is 28.4 Å². The average Bonchev–Trinajstić information content (AvgIpc) is 3.29. The van der Waals surface area contributed by atoms with E-state index in [1.165, 1.54) is 0 Å². The summed E-state index contributed by atoms with van der Waals surface area (Å²) >= 11 is 1.55. The third-order valence-electron chi connectivity index (χ3n) is 4.35. The number of carbonyl (C=O) groups is 1. The van der Waals surface area contributed by atoms with E-state index in [0.717, 1.165) is 27.6 Å². The van der Waals surface area contributed by atoms with Gasteiger partial charge in [-0.1, -0.05) is 42.5 Å². The fraction of sp³-hybridized carbons (Fsp3) is 0.190. The van der Waals surface area contributed by atoms with Crippen LogP contribution in [0.2, 0.25) is 0 Å². The molecule has 0 radical (unpaired) electrons. The molecular weight excluding hydrogens is 372 g/mol. The topological polar surface area (TPSA) is 68.5 Å². The molecule has 0 atom stereocenters. The van der Waals surface area contributed by atoms with Crippen LogP contribution in [0.25, 0.3) is 16.3 Å². The number of amides is 1. The first-order chi connectivity index (χ1) is 13.7. The van der Waals surface area contributed by atoms with Crippen molar-refractivity contribution >= 4 is 22.2 Å². The van der Waals surface area contributed by atoms with E-state index >= 15 is 0 Å². The molecule has 6 nitrogen and oxygen atoms in total. The van der Waals surface area contributed by atoms with E-state index in [1.807, 2.05) is 58.4 Å². The number of aromatic nitrogens is 3. The summed E-state index contributed by atoms with van der Waals surface area (Å²) in [5.41, 5.74) is 3.21. The summed E-state index contributed by atoms with van der Waals surface area (Å²) in [5.74, 6) is 1.27. The van der Waals surface area contributed by atoms with Gasteiger partial charge in [0.25, 0.3) is 5.91 Å². The molecule has 0 saturated heterocycles. The molecule has 7 heteroatoms. The number of hydrogen-bond acceptors (Lipinski definition) is 5. The van der Waals surface area contributed by atoms with Crippen LogP contribution in [0.15, 0.2) is 60.0 Å². The van der Waals surface area contributed by atoms with E-state index in [9.17, 15) is 4.79 Å². The molecule has 0 aliphatic rings. The lowest BCUT2D eigenvalue weighted by molar-refractivity contribution is -0.123. The van der Waals surface area contributed by atoms with Crippen molar-refractivity contribution in [2.24, 2.45) is 0 Å². The van der Waals surface area contributed by atoms with Gasteiger partial charge in [-0.15, -0.1) is 16.4 Å². The molecule has 1 amide bonds. The number of carbonyl (C=O) groups excluding carboxylic acids is 1. The Morgan fingerprint density at radius 3 is 2.75 bits per heavy atom. The Balaban J connectivity index is 1.35. The van der Waals surface area contributed by atoms with Crippen LogP contribution < -0.4 is 10.1 Å². The summed E-state index contributed by atoms with van der Waals surface area (Å²) in [7, 11) is 0. The molecule has 2 aromatic heterocycles. The van der Waals surface area contributed by atoms with Crippen LogP contribution in [0.3, 0.4) is 0 Å². The lowest BCUT2D eigenvalue weighted by atomic mass is 10.1. The van der Waals surface area contributed by atoms with Crippen LogP contribution in [0.4, 0.5) is 0 Å². The summed E-state index contributed by atoms with van der Waals surface area (Å²) in [6.45, 7) is 2.57. The second kappa shape index (κ2) is 8.22. The number of ether oxygens (including phenoxy) is 1. The minimum atomic E-state index is -0.144. The van der Waals surface area contributed by atoms with Crippen LogP contribution in [0.5, 0.6) is 5.75 Å². The fourth-order valence-corrected chi connectivity index (χ4v) is 3.74. The molecule has 0 aliphatic heterocycles. The number of nitrogens with one attached hydrogen (secondary N) is 1. The molecule has 1 N–H and O–H groups in total. The van der Waals surface area contributed by atoms with Crippen molar-refractivity contribution in [2.75, 3.05) is 13.2 Å². The molecule has 2 aromatic carbocycles. The van der Waals surface area contributed by atoms with Crippen LogP contribution in [0.1, 0.15) is 11.3 Å². The van der Waals surface area contributed by atoms with E-state index < -0.39 is 0 Å². The van der Waals surface area contributed by atoms with Crippen LogP contribution in [-0.2, 0) is 11.2 Å². The summed E-state index contributed by atoms with van der Waals surface area (Å²) in [4.78, 5) is 17.5. The van der Waals surface area contributed by atoms with Crippen LogP contribution >= 0.6 is 11.3 Å². The Bertz CT molecular complexity index is 1090. The Morgan fingerprint density at radius 2 is 1.93 bits per heavy atom. The Kier molecular flexibility index (Phi) is 5.34. The molecular formula is C21H20N4O2S. The second-order valence-electron chi connectivity index (χ2n) is 6.37. The van der Waals surface area contributed by atoms with Gasteiger partial charge in [-0.3, -0.25) is 4.79 Å². The zero-order valence-electron chi connectivity index (χ0n) is 15.5. The lowest BCUT2D eigenvalue weighted by Gasteiger charge is -2.07. The minimum absolute atomic E-state index is 0.00379. The van der Waals surface area contributed by atoms with Gasteiger partial charge >= 0.3 is 0 Å². The highest BCUT2D eigenvalue weighted by atomic mass is 32.1. The quantitative estimate of drug-likeness (QED) is 0.523. The van der Waals surface area contributed by atoms with Crippen molar-refractivity contribution in [1.29, 1.82) is 0 Å². The number of rotatable bonds is 7. The predicted molar refractivity (Wildman–Crippen MR) is 110 cm³/mol. The summed E-state index contributed by atoms with van der Waals surface area (Å²) < 4.78 is 7.31. The maximum Gasteiger partial charge on any atom is 0.257 e. The lowest BCUT2D eigenvalue weighted by Crippen LogP contribution is -2.30. The first-order valence-electron chi connectivity index (χ1n) is 9.04. The Hall–Kier alpha value is -3.19. The van der Waals surface area contributed by atoms with Gasteiger partial charge in [0.2, 0.25) is 4.96 Å². The highest BCUT2D eigenvalue weighted by Gasteiger charge is 2.13. The minimum Gasteiger partial charge on any atom is -0.484 e. The first-order valence-corrected chi connectivity index (χ1v) is 9.92. The highest BCUT2D eigenvalue weighted by molar-refractivity contribution is 7.15. The molecule has 0 fully saturated rings. The van der Waals surface area contributed by atoms with E-state index in [-0.39, 0.29) is 12.5 Å². The molecule has 4 rings (SSSR count). The van der Waals surface area contributed by atoms with Gasteiger partial charge in [0.1, 0.15) is 5.75 Å². The summed E-state index contributed by atoms with van der Waals surface area (Å²) in [5, 5.41) is 9.57. The normalized spacial score (nSPS) is 10.9. The number of hydrogen-bond donors (Lipinski definition) is 1. The van der Waals surface area contributed by atoms with E-state index in [0.29, 0.717) is 18.7 Å². The maximum atomic E-state index is 12.0. The highest BCUT2D eigenvalue weighted by Crippen LogP contribution is 2.23. The second-order valence-corrected chi connectivity index (χ2v) is 7.21. The van der Waals surface area contributed by atoms with Crippen molar-refractivity contribution in [3.63, 3.8) is 0 Å². The first kappa shape index (κ1) is 18.2. The SMILES string of the molecule is Cc1ccccc1-c1nc2scc(CCNC(=O)COc3ccccc3)n2n1. The van der Waals surface area contributed by atoms with E-state index in [1.54, 1.807) is 11.3 Å². The third kappa shape index (κ3) is 4.04. The number of nitrogens with zero attached hydrogens (tertiary/aromatic N) is 3. The molecule has 2 heterocycles. The molecule has 0 saturated carbocycles. The zero-order chi connectivity index (χ0) is 19.3. The third-order valence-corrected chi connectivity index (χ3v) is 5.22. The molecule has 4 aromatic rings. The molecule has 0 spiro atoms. The van der Waals surface area contributed by atoms with Crippen molar-refractivity contribution in [1.82, 2.24) is 19.9 Å². The number of thiazole rings is 1. The van der Waals surface area contributed by atoms with Crippen LogP contribution in [0, 0.1) is 6.92 Å². The van der Waals surface area contributed by atoms with E-state index in [4.69, 9.17) is 4.74 Å². The van der Waals surface area contributed by atoms with Crippen LogP contribution in [-0.4, -0.2) is 33.7 Å². The monoisotopic (exact) mass is 392 g/mol. The maximum absolute atomic E-state index is 12.0. The standard InChI is InChI=1S/C21H20N4O2S/c1-15-7-5-6-10-18(15)20-23-21-25(24-20)16(14-28-21)11-12-22-19(26)13-27-17-8-3-2-4-9-17/h2-10,14H,11-13H2,1H3,(H,22,26). The molecule has 142 valence electrons. The molecule has 0 unspecified atom stereocenters. The number of aryl methyl sites for hydroxylation is 1. The van der Waals surface area contributed by atoms with Gasteiger partial charge in [0.15, 0.2) is 12.4 Å². The molecule has 0 aliphatic carbocycles. The average molecular weight is 392 g/mol. The van der Waals surface area contributed by atoms with Gasteiger partial charge in [0, 0.05) is 23.9 Å². The van der Waals surface area contributed by atoms with Crippen molar-refractivity contribution in [3.8, 4) is 17.1 Å². The Morgan fingerprint density at radius 1 is 1.14 bits per heavy atom. The van der Waals surface area contributed by atoms with Gasteiger partial charge in [-0.05, 0) is 24.6 Å². The Labute approximate surface area is 166 Å². The summed E-state index contributed by atoms with van der Waals surface area (Å²) in [6.07, 6.45) is 0.674.